The molecule has 3 rings (SSSR count). The monoisotopic (exact) mass is 1200 g/mol. The highest BCUT2D eigenvalue weighted by Crippen LogP contribution is 2.49. The molecule has 19 heteroatoms. The van der Waals surface area contributed by atoms with Crippen molar-refractivity contribution in [1.82, 2.24) is 15.6 Å². The highest BCUT2D eigenvalue weighted by Gasteiger charge is 2.28. The second kappa shape index (κ2) is 50.7. The number of carbonyl (C=O) groups excluding carboxylic acids is 1. The quantitative estimate of drug-likeness (QED) is 0.0232. The summed E-state index contributed by atoms with van der Waals surface area (Å²) in [6.45, 7) is 7.79. The Morgan fingerprint density at radius 3 is 1.49 bits per heavy atom. The molecule has 0 aliphatic carbocycles. The summed E-state index contributed by atoms with van der Waals surface area (Å²) in [4.78, 5) is 33.8. The first-order valence-electron chi connectivity index (χ1n) is 33.6. The Balaban J connectivity index is 1.31. The Labute approximate surface area is 505 Å². The molecule has 0 aliphatic heterocycles. The molecule has 0 fully saturated rings. The van der Waals surface area contributed by atoms with Crippen molar-refractivity contribution in [1.29, 1.82) is 0 Å². The highest BCUT2D eigenvalue weighted by atomic mass is 31.2. The number of unbranched alkanes of at least 4 members (excludes halogenated alkanes) is 37. The van der Waals surface area contributed by atoms with Gasteiger partial charge in [0, 0.05) is 44.5 Å². The Morgan fingerprint density at radius 1 is 0.524 bits per heavy atom. The van der Waals surface area contributed by atoms with Crippen LogP contribution in [0, 0.1) is 20.2 Å². The van der Waals surface area contributed by atoms with Gasteiger partial charge in [-0.15, -0.1) is 0 Å². The molecule has 0 saturated heterocycles. The van der Waals surface area contributed by atoms with Crippen molar-refractivity contribution in [3.8, 4) is 5.75 Å². The molecule has 0 spiro atoms. The van der Waals surface area contributed by atoms with Crippen LogP contribution in [0.1, 0.15) is 277 Å². The van der Waals surface area contributed by atoms with Crippen LogP contribution in [0.2, 0.25) is 0 Å². The van der Waals surface area contributed by atoms with Crippen molar-refractivity contribution in [2.45, 2.75) is 283 Å². The molecule has 480 valence electrons. The fraction of sp³-hybridized carbons (Fsp3) is 0.800. The number of nitro groups is 2. The Bertz CT molecular complexity index is 2130. The van der Waals surface area contributed by atoms with Crippen molar-refractivity contribution < 1.29 is 47.1 Å². The summed E-state index contributed by atoms with van der Waals surface area (Å²) < 4.78 is 49.5. The summed E-state index contributed by atoms with van der Waals surface area (Å²) in [5, 5.41) is 36.1. The van der Waals surface area contributed by atoms with Crippen molar-refractivity contribution in [3.63, 3.8) is 0 Å². The minimum Gasteiger partial charge on any atom is -0.450 e. The Hall–Kier alpha value is -4.38. The van der Waals surface area contributed by atoms with Crippen LogP contribution in [0.5, 0.6) is 5.75 Å². The minimum absolute atomic E-state index is 0.0668. The van der Waals surface area contributed by atoms with Crippen LogP contribution in [-0.4, -0.2) is 84.6 Å². The number of aromatic nitrogens is 2. The molecule has 0 bridgehead atoms. The molecule has 3 aromatic rings. The summed E-state index contributed by atoms with van der Waals surface area (Å²) in [6, 6.07) is 8.68. The van der Waals surface area contributed by atoms with Crippen molar-refractivity contribution >= 4 is 41.8 Å². The fourth-order valence-electron chi connectivity index (χ4n) is 10.4. The topological polar surface area (TPSA) is 230 Å². The molecule has 0 radical (unpaired) electrons. The Kier molecular flexibility index (Phi) is 44.6. The van der Waals surface area contributed by atoms with E-state index in [-0.39, 0.29) is 35.4 Å². The van der Waals surface area contributed by atoms with Gasteiger partial charge in [-0.3, -0.25) is 24.8 Å². The summed E-state index contributed by atoms with van der Waals surface area (Å²) >= 11 is 0. The zero-order valence-electron chi connectivity index (χ0n) is 52.3. The summed E-state index contributed by atoms with van der Waals surface area (Å²) in [6.07, 6.45) is 47.9. The lowest BCUT2D eigenvalue weighted by Crippen LogP contribution is -2.27. The third-order valence-electron chi connectivity index (χ3n) is 15.6. The SMILES string of the molecule is CCCCCCCCCCCCCCCCOC[C@H](COP(=O)(CCCCCCCCCCCOC(=O)NCCCCCCNc1ccc([N+](=O)[O-])c2nonc12)Oc1ccc([N+](=O)[O-])cc1)OCCCCCCCCCCCCCCCC. The Morgan fingerprint density at radius 2 is 0.976 bits per heavy atom. The number of fused-ring (bicyclic) bond motifs is 1. The summed E-state index contributed by atoms with van der Waals surface area (Å²) in [7, 11) is -3.67. The second-order valence-corrected chi connectivity index (χ2v) is 25.3. The van der Waals surface area contributed by atoms with Crippen LogP contribution in [0.25, 0.3) is 11.0 Å². The second-order valence-electron chi connectivity index (χ2n) is 23.2. The van der Waals surface area contributed by atoms with Crippen LogP contribution < -0.4 is 15.2 Å². The van der Waals surface area contributed by atoms with Gasteiger partial charge < -0.3 is 29.4 Å². The number of alkyl carbamates (subject to hydrolysis) is 1. The molecule has 84 heavy (non-hydrogen) atoms. The van der Waals surface area contributed by atoms with E-state index in [1.807, 2.05) is 0 Å². The van der Waals surface area contributed by atoms with Gasteiger partial charge in [0.25, 0.3) is 5.69 Å². The lowest BCUT2D eigenvalue weighted by Gasteiger charge is -2.23. The van der Waals surface area contributed by atoms with Gasteiger partial charge >= 0.3 is 19.4 Å². The molecular weight excluding hydrogens is 1090 g/mol. The minimum atomic E-state index is -3.67. The number of carbonyl (C=O) groups is 1. The molecule has 1 amide bonds. The standard InChI is InChI=1S/C65H113N6O12P/c1-3-5-7-9-11-13-15-17-19-21-24-28-34-40-52-78-56-60(79-53-41-35-29-25-22-20-18-16-14-12-10-8-6-4-2)57-81-84(77,82-59-46-44-58(45-47-59)70(73)74)55-43-37-31-27-23-26-30-36-42-54-80-65(72)67-51-39-33-32-38-50-66-61-48-49-62(71(75)76)64-63(61)68-83-69-64/h44-49,60,66H,3-43,50-57H2,1-2H3,(H,67,72)/t60-,84?/m1/s1. The van der Waals surface area contributed by atoms with E-state index in [1.165, 1.54) is 184 Å². The number of benzene rings is 2. The predicted molar refractivity (Wildman–Crippen MR) is 340 cm³/mol. The van der Waals surface area contributed by atoms with E-state index in [0.717, 1.165) is 103 Å². The van der Waals surface area contributed by atoms with E-state index < -0.39 is 29.6 Å². The maximum absolute atomic E-state index is 14.5. The summed E-state index contributed by atoms with van der Waals surface area (Å²) in [5.74, 6) is 0.273. The van der Waals surface area contributed by atoms with Crippen LogP contribution in [0.4, 0.5) is 21.9 Å². The highest BCUT2D eigenvalue weighted by molar-refractivity contribution is 7.54. The fourth-order valence-corrected chi connectivity index (χ4v) is 12.2. The zero-order valence-corrected chi connectivity index (χ0v) is 53.2. The van der Waals surface area contributed by atoms with Crippen LogP contribution in [0.3, 0.4) is 0 Å². The van der Waals surface area contributed by atoms with Crippen LogP contribution in [-0.2, 0) is 23.3 Å². The van der Waals surface area contributed by atoms with Gasteiger partial charge in [-0.05, 0) is 67.0 Å². The molecule has 1 unspecified atom stereocenters. The lowest BCUT2D eigenvalue weighted by atomic mass is 10.0. The number of hydrogen-bond donors (Lipinski definition) is 2. The number of non-ortho nitro benzene ring substituents is 2. The first-order chi connectivity index (χ1) is 41.2. The molecule has 1 aromatic heterocycles. The number of hydrogen-bond acceptors (Lipinski definition) is 15. The van der Waals surface area contributed by atoms with E-state index >= 15 is 0 Å². The third-order valence-corrected chi connectivity index (χ3v) is 17.5. The van der Waals surface area contributed by atoms with Gasteiger partial charge in [0.15, 0.2) is 5.52 Å². The molecular formula is C65H113N6O12P. The van der Waals surface area contributed by atoms with E-state index in [2.05, 4.69) is 34.8 Å². The molecule has 0 saturated carbocycles. The van der Waals surface area contributed by atoms with Crippen molar-refractivity contribution in [3.05, 3.63) is 56.6 Å². The molecule has 18 nitrogen and oxygen atoms in total. The number of amides is 1. The maximum Gasteiger partial charge on any atom is 0.407 e. The number of nitro benzene ring substituents is 2. The molecule has 0 aliphatic rings. The number of ether oxygens (including phenoxy) is 3. The summed E-state index contributed by atoms with van der Waals surface area (Å²) in [5.41, 5.74) is 0.881. The first kappa shape index (κ1) is 73.9. The van der Waals surface area contributed by atoms with E-state index in [0.29, 0.717) is 57.1 Å². The molecule has 2 atom stereocenters. The number of nitrogens with zero attached hydrogens (tertiary/aromatic N) is 4. The number of rotatable bonds is 60. The molecule has 1 heterocycles. The average molecular weight is 1200 g/mol. The normalized spacial score (nSPS) is 12.6. The van der Waals surface area contributed by atoms with Gasteiger partial charge in [-0.25, -0.2) is 14.0 Å². The number of anilines is 1. The van der Waals surface area contributed by atoms with Crippen molar-refractivity contribution in [2.24, 2.45) is 0 Å². The van der Waals surface area contributed by atoms with E-state index in [1.54, 1.807) is 6.07 Å². The molecule has 2 aromatic carbocycles. The number of nitrogens with one attached hydrogen (secondary N) is 2. The van der Waals surface area contributed by atoms with Crippen LogP contribution >= 0.6 is 7.60 Å². The average Bonchev–Trinajstić information content (AvgIpc) is 4.22. The first-order valence-corrected chi connectivity index (χ1v) is 35.3. The van der Waals surface area contributed by atoms with E-state index in [4.69, 9.17) is 27.9 Å². The van der Waals surface area contributed by atoms with Gasteiger partial charge in [-0.2, -0.15) is 0 Å². The maximum atomic E-state index is 14.5. The van der Waals surface area contributed by atoms with Gasteiger partial charge in [0.05, 0.1) is 41.5 Å². The lowest BCUT2D eigenvalue weighted by molar-refractivity contribution is -0.384. The van der Waals surface area contributed by atoms with Gasteiger partial charge in [0.1, 0.15) is 11.9 Å². The van der Waals surface area contributed by atoms with Crippen LogP contribution in [0.15, 0.2) is 41.0 Å². The van der Waals surface area contributed by atoms with Crippen molar-refractivity contribution in [2.75, 3.05) is 57.6 Å². The van der Waals surface area contributed by atoms with Gasteiger partial charge in [-0.1, -0.05) is 239 Å². The largest absolute Gasteiger partial charge is 0.450 e. The van der Waals surface area contributed by atoms with Gasteiger partial charge in [0.2, 0.25) is 5.52 Å². The third kappa shape index (κ3) is 37.9. The zero-order chi connectivity index (χ0) is 60.2. The molecule has 2 N–H and O–H groups in total. The predicted octanol–water partition coefficient (Wildman–Crippen LogP) is 19.9. The van der Waals surface area contributed by atoms with E-state index in [9.17, 15) is 29.6 Å². The smallest absolute Gasteiger partial charge is 0.407 e.